The summed E-state index contributed by atoms with van der Waals surface area (Å²) in [5.41, 5.74) is 0.305. The van der Waals surface area contributed by atoms with E-state index in [1.165, 1.54) is 18.2 Å². The van der Waals surface area contributed by atoms with Crippen molar-refractivity contribution in [3.63, 3.8) is 0 Å². The monoisotopic (exact) mass is 337 g/mol. The smallest absolute Gasteiger partial charge is 0.232 e. The molecule has 0 saturated carbocycles. The molecule has 0 aliphatic carbocycles. The fraction of sp³-hybridized carbons (Fsp3) is 0.500. The Morgan fingerprint density at radius 3 is 2.44 bits per heavy atom. The van der Waals surface area contributed by atoms with Crippen molar-refractivity contribution >= 4 is 31.6 Å². The van der Waals surface area contributed by atoms with E-state index in [0.717, 1.165) is 0 Å². The van der Waals surface area contributed by atoms with Crippen LogP contribution in [-0.4, -0.2) is 14.2 Å². The number of halogens is 2. The van der Waals surface area contributed by atoms with Gasteiger partial charge in [-0.05, 0) is 46.0 Å². The van der Waals surface area contributed by atoms with Crippen LogP contribution < -0.4 is 4.72 Å². The Kier molecular flexibility index (Phi) is 4.78. The predicted octanol–water partition coefficient (Wildman–Crippen LogP) is 3.77. The average molecular weight is 338 g/mol. The van der Waals surface area contributed by atoms with Crippen molar-refractivity contribution in [1.82, 2.24) is 0 Å². The Bertz CT molecular complexity index is 523. The quantitative estimate of drug-likeness (QED) is 0.908. The summed E-state index contributed by atoms with van der Waals surface area (Å²) in [6, 6.07) is 3.84. The van der Waals surface area contributed by atoms with Crippen molar-refractivity contribution in [2.24, 2.45) is 5.41 Å². The highest BCUT2D eigenvalue weighted by atomic mass is 79.9. The second kappa shape index (κ2) is 5.57. The lowest BCUT2D eigenvalue weighted by molar-refractivity contribution is 0.397. The minimum Gasteiger partial charge on any atom is -0.282 e. The van der Waals surface area contributed by atoms with Gasteiger partial charge in [0, 0.05) is 4.47 Å². The Hall–Kier alpha value is -0.620. The summed E-state index contributed by atoms with van der Waals surface area (Å²) in [5, 5.41) is 0. The maximum Gasteiger partial charge on any atom is 0.232 e. The first-order chi connectivity index (χ1) is 8.09. The van der Waals surface area contributed by atoms with Crippen molar-refractivity contribution in [2.75, 3.05) is 10.5 Å². The molecular formula is C12H17BrFNO2S. The molecule has 0 atom stereocenters. The van der Waals surface area contributed by atoms with Crippen LogP contribution in [0.4, 0.5) is 10.1 Å². The van der Waals surface area contributed by atoms with Crippen LogP contribution in [0.1, 0.15) is 27.2 Å². The molecule has 0 bridgehead atoms. The summed E-state index contributed by atoms with van der Waals surface area (Å²) < 4.78 is 39.4. The van der Waals surface area contributed by atoms with Crippen LogP contribution in [0.25, 0.3) is 0 Å². The van der Waals surface area contributed by atoms with Gasteiger partial charge in [0.15, 0.2) is 0 Å². The number of hydrogen-bond acceptors (Lipinski definition) is 2. The number of rotatable bonds is 4. The van der Waals surface area contributed by atoms with Crippen LogP contribution in [0, 0.1) is 11.2 Å². The van der Waals surface area contributed by atoms with Crippen molar-refractivity contribution in [1.29, 1.82) is 0 Å². The Balaban J connectivity index is 2.77. The normalized spacial score (nSPS) is 12.5. The van der Waals surface area contributed by atoms with Gasteiger partial charge in [-0.1, -0.05) is 20.8 Å². The molecule has 0 aliphatic rings. The van der Waals surface area contributed by atoms with E-state index < -0.39 is 15.8 Å². The van der Waals surface area contributed by atoms with Crippen molar-refractivity contribution in [3.05, 3.63) is 28.5 Å². The first-order valence-electron chi connectivity index (χ1n) is 5.55. The first kappa shape index (κ1) is 15.4. The summed E-state index contributed by atoms with van der Waals surface area (Å²) >= 11 is 3.12. The third-order valence-corrected chi connectivity index (χ3v) is 4.25. The predicted molar refractivity (Wildman–Crippen MR) is 75.6 cm³/mol. The third kappa shape index (κ3) is 5.35. The van der Waals surface area contributed by atoms with E-state index in [-0.39, 0.29) is 11.2 Å². The molecule has 0 fully saturated rings. The van der Waals surface area contributed by atoms with Crippen LogP contribution >= 0.6 is 15.9 Å². The van der Waals surface area contributed by atoms with Gasteiger partial charge in [-0.3, -0.25) is 4.72 Å². The molecule has 0 aliphatic heterocycles. The molecule has 0 spiro atoms. The molecule has 6 heteroatoms. The third-order valence-electron chi connectivity index (χ3n) is 2.32. The first-order valence-corrected chi connectivity index (χ1v) is 7.99. The molecular weight excluding hydrogens is 321 g/mol. The maximum atomic E-state index is 12.9. The second-order valence-corrected chi connectivity index (χ2v) is 8.05. The van der Waals surface area contributed by atoms with Crippen LogP contribution in [-0.2, 0) is 10.0 Å². The molecule has 0 unspecified atom stereocenters. The summed E-state index contributed by atoms with van der Waals surface area (Å²) in [6.45, 7) is 5.95. The average Bonchev–Trinajstić information content (AvgIpc) is 2.19. The summed E-state index contributed by atoms with van der Waals surface area (Å²) in [6.07, 6.45) is 0.557. The van der Waals surface area contributed by atoms with E-state index >= 15 is 0 Å². The van der Waals surface area contributed by atoms with E-state index in [1.807, 2.05) is 20.8 Å². The van der Waals surface area contributed by atoms with E-state index in [4.69, 9.17) is 0 Å². The molecule has 1 aromatic carbocycles. The fourth-order valence-electron chi connectivity index (χ4n) is 1.23. The van der Waals surface area contributed by atoms with Crippen molar-refractivity contribution < 1.29 is 12.8 Å². The van der Waals surface area contributed by atoms with Crippen LogP contribution in [0.15, 0.2) is 22.7 Å². The molecule has 1 aromatic rings. The molecule has 0 saturated heterocycles. The highest BCUT2D eigenvalue weighted by molar-refractivity contribution is 9.10. The Morgan fingerprint density at radius 2 is 1.94 bits per heavy atom. The van der Waals surface area contributed by atoms with Crippen molar-refractivity contribution in [2.45, 2.75) is 27.2 Å². The number of nitrogens with one attached hydrogen (secondary N) is 1. The lowest BCUT2D eigenvalue weighted by Crippen LogP contribution is -2.21. The van der Waals surface area contributed by atoms with E-state index in [1.54, 1.807) is 0 Å². The van der Waals surface area contributed by atoms with Gasteiger partial charge in [0.25, 0.3) is 0 Å². The zero-order chi connectivity index (χ0) is 14.0. The molecule has 102 valence electrons. The zero-order valence-electron chi connectivity index (χ0n) is 10.6. The molecule has 0 amide bonds. The molecule has 3 nitrogen and oxygen atoms in total. The Labute approximate surface area is 116 Å². The number of hydrogen-bond donors (Lipinski definition) is 1. The van der Waals surface area contributed by atoms with E-state index in [9.17, 15) is 12.8 Å². The van der Waals surface area contributed by atoms with Gasteiger partial charge in [0.1, 0.15) is 5.82 Å². The van der Waals surface area contributed by atoms with Gasteiger partial charge in [-0.25, -0.2) is 12.8 Å². The highest BCUT2D eigenvalue weighted by Crippen LogP contribution is 2.25. The standard InChI is InChI=1S/C12H17BrFNO2S/c1-12(2,3)6-7-18(16,17)15-11-5-4-9(14)8-10(11)13/h4-5,8,15H,6-7H2,1-3H3. The lowest BCUT2D eigenvalue weighted by atomic mass is 9.94. The topological polar surface area (TPSA) is 46.2 Å². The summed E-state index contributed by atoms with van der Waals surface area (Å²) in [7, 11) is -3.41. The van der Waals surface area contributed by atoms with Gasteiger partial charge in [-0.15, -0.1) is 0 Å². The van der Waals surface area contributed by atoms with Crippen LogP contribution in [0.3, 0.4) is 0 Å². The molecule has 1 rings (SSSR count). The minimum absolute atomic E-state index is 0.0420. The fourth-order valence-corrected chi connectivity index (χ4v) is 3.31. The lowest BCUT2D eigenvalue weighted by Gasteiger charge is -2.18. The number of sulfonamides is 1. The largest absolute Gasteiger partial charge is 0.282 e. The maximum absolute atomic E-state index is 12.9. The Morgan fingerprint density at radius 1 is 1.33 bits per heavy atom. The van der Waals surface area contributed by atoms with E-state index in [0.29, 0.717) is 16.6 Å². The number of benzene rings is 1. The molecule has 0 radical (unpaired) electrons. The van der Waals surface area contributed by atoms with Crippen LogP contribution in [0.2, 0.25) is 0 Å². The van der Waals surface area contributed by atoms with Gasteiger partial charge < -0.3 is 0 Å². The molecule has 0 aromatic heterocycles. The van der Waals surface area contributed by atoms with Gasteiger partial charge in [-0.2, -0.15) is 0 Å². The SMILES string of the molecule is CC(C)(C)CCS(=O)(=O)Nc1ccc(F)cc1Br. The second-order valence-electron chi connectivity index (χ2n) is 5.36. The molecule has 18 heavy (non-hydrogen) atoms. The van der Waals surface area contributed by atoms with Crippen LogP contribution in [0.5, 0.6) is 0 Å². The highest BCUT2D eigenvalue weighted by Gasteiger charge is 2.18. The van der Waals surface area contributed by atoms with Gasteiger partial charge >= 0.3 is 0 Å². The molecule has 0 heterocycles. The zero-order valence-corrected chi connectivity index (χ0v) is 13.0. The number of anilines is 1. The van der Waals surface area contributed by atoms with Gasteiger partial charge in [0.05, 0.1) is 11.4 Å². The minimum atomic E-state index is -3.41. The summed E-state index contributed by atoms with van der Waals surface area (Å²) in [5.74, 6) is -0.375. The van der Waals surface area contributed by atoms with E-state index in [2.05, 4.69) is 20.7 Å². The molecule has 1 N–H and O–H groups in total. The summed E-state index contributed by atoms with van der Waals surface area (Å²) in [4.78, 5) is 0. The van der Waals surface area contributed by atoms with Crippen molar-refractivity contribution in [3.8, 4) is 0 Å². The van der Waals surface area contributed by atoms with Gasteiger partial charge in [0.2, 0.25) is 10.0 Å².